The second-order valence-electron chi connectivity index (χ2n) is 8.99. The number of aliphatic carboxylic acids is 1. The van der Waals surface area contributed by atoms with Gasteiger partial charge in [-0.15, -0.1) is 0 Å². The van der Waals surface area contributed by atoms with E-state index in [1.54, 1.807) is 0 Å². The Morgan fingerprint density at radius 2 is 1.51 bits per heavy atom. The number of benzene rings is 1. The minimum absolute atomic E-state index is 0.0429. The van der Waals surface area contributed by atoms with Crippen LogP contribution in [0.25, 0.3) is 5.57 Å². The average molecular weight is 478 g/mol. The fourth-order valence-corrected chi connectivity index (χ4v) is 4.59. The molecule has 0 saturated carbocycles. The predicted molar refractivity (Wildman–Crippen MR) is 141 cm³/mol. The molecule has 2 N–H and O–H groups in total. The van der Waals surface area contributed by atoms with Crippen LogP contribution in [0, 0.1) is 0 Å². The summed E-state index contributed by atoms with van der Waals surface area (Å²) in [6.45, 7) is 9.88. The molecule has 0 atom stereocenters. The summed E-state index contributed by atoms with van der Waals surface area (Å²) in [5.74, 6) is -0.890. The maximum atomic E-state index is 13.0. The minimum Gasteiger partial charge on any atom is -0.506 e. The molecule has 0 fully saturated rings. The summed E-state index contributed by atoms with van der Waals surface area (Å²) < 4.78 is 2.34. The fourth-order valence-electron chi connectivity index (χ4n) is 4.59. The van der Waals surface area contributed by atoms with Crippen molar-refractivity contribution in [2.24, 2.45) is 0 Å². The number of ketones is 1. The maximum Gasteiger partial charge on any atom is 0.303 e. The van der Waals surface area contributed by atoms with Crippen LogP contribution in [0.15, 0.2) is 65.5 Å². The van der Waals surface area contributed by atoms with Gasteiger partial charge in [0.1, 0.15) is 18.8 Å². The molecule has 35 heavy (non-hydrogen) atoms. The lowest BCUT2D eigenvalue weighted by Crippen LogP contribution is -2.26. The Labute approximate surface area is 208 Å². The van der Waals surface area contributed by atoms with Crippen LogP contribution in [0.5, 0.6) is 0 Å². The van der Waals surface area contributed by atoms with Gasteiger partial charge >= 0.3 is 5.97 Å². The summed E-state index contributed by atoms with van der Waals surface area (Å²) >= 11 is 0. The van der Waals surface area contributed by atoms with E-state index < -0.39 is 5.97 Å². The fraction of sp³-hybridized carbons (Fsp3) is 0.414. The molecule has 0 unspecified atom stereocenters. The molecule has 0 bridgehead atoms. The summed E-state index contributed by atoms with van der Waals surface area (Å²) in [5, 5.41) is 19.7. The third kappa shape index (κ3) is 6.18. The molecule has 0 saturated heterocycles. The number of hydrogen-bond acceptors (Lipinski definition) is 4. The van der Waals surface area contributed by atoms with Gasteiger partial charge in [0.05, 0.1) is 11.1 Å². The molecule has 6 heteroatoms. The van der Waals surface area contributed by atoms with E-state index in [4.69, 9.17) is 5.11 Å². The molecule has 0 heterocycles. The van der Waals surface area contributed by atoms with Crippen molar-refractivity contribution >= 4 is 28.7 Å². The van der Waals surface area contributed by atoms with Crippen molar-refractivity contribution in [3.05, 3.63) is 71.0 Å². The van der Waals surface area contributed by atoms with Gasteiger partial charge in [-0.3, -0.25) is 9.59 Å². The Hall–Kier alpha value is -3.41. The third-order valence-corrected chi connectivity index (χ3v) is 6.27. The molecule has 0 spiro atoms. The number of nitrogens with zero attached hydrogens (tertiary/aromatic N) is 2. The van der Waals surface area contributed by atoms with Gasteiger partial charge in [-0.05, 0) is 48.3 Å². The van der Waals surface area contributed by atoms with Crippen LogP contribution in [0.1, 0.15) is 58.4 Å². The van der Waals surface area contributed by atoms with E-state index in [1.165, 1.54) is 0 Å². The van der Waals surface area contributed by atoms with E-state index in [-0.39, 0.29) is 18.0 Å². The number of anilines is 1. The lowest BCUT2D eigenvalue weighted by atomic mass is 9.80. The van der Waals surface area contributed by atoms with Crippen LogP contribution >= 0.6 is 0 Å². The van der Waals surface area contributed by atoms with Gasteiger partial charge in [0.15, 0.2) is 5.71 Å². The summed E-state index contributed by atoms with van der Waals surface area (Å²) in [6, 6.07) is 7.57. The number of carbonyl (C=O) groups excluding carboxylic acids is 1. The summed E-state index contributed by atoms with van der Waals surface area (Å²) in [4.78, 5) is 26.0. The van der Waals surface area contributed by atoms with E-state index in [2.05, 4.69) is 30.2 Å². The number of carbonyl (C=O) groups is 2. The minimum atomic E-state index is -0.788. The zero-order valence-corrected chi connectivity index (χ0v) is 21.1. The summed E-state index contributed by atoms with van der Waals surface area (Å²) in [6.07, 6.45) is 11.7. The lowest BCUT2D eigenvalue weighted by molar-refractivity contribution is -0.526. The van der Waals surface area contributed by atoms with Gasteiger partial charge in [0.2, 0.25) is 5.78 Å². The first-order valence-corrected chi connectivity index (χ1v) is 12.7. The molecule has 0 aromatic heterocycles. The van der Waals surface area contributed by atoms with E-state index in [9.17, 15) is 14.7 Å². The Balaban J connectivity index is 1.79. The van der Waals surface area contributed by atoms with Crippen molar-refractivity contribution in [2.45, 2.75) is 52.9 Å². The molecule has 0 aliphatic heterocycles. The summed E-state index contributed by atoms with van der Waals surface area (Å²) in [7, 11) is 0. The number of carboxylic acids is 1. The highest BCUT2D eigenvalue weighted by Crippen LogP contribution is 2.39. The van der Waals surface area contributed by atoms with Crippen LogP contribution in [-0.2, 0) is 9.59 Å². The van der Waals surface area contributed by atoms with Gasteiger partial charge < -0.3 is 15.1 Å². The molecule has 186 valence electrons. The van der Waals surface area contributed by atoms with E-state index >= 15 is 0 Å². The molecular weight excluding hydrogens is 440 g/mol. The molecule has 3 rings (SSSR count). The lowest BCUT2D eigenvalue weighted by Gasteiger charge is -2.26. The Kier molecular flexibility index (Phi) is 9.24. The maximum absolute atomic E-state index is 13.0. The molecule has 6 nitrogen and oxygen atoms in total. The monoisotopic (exact) mass is 477 g/mol. The van der Waals surface area contributed by atoms with Crippen molar-refractivity contribution in [2.75, 3.05) is 31.1 Å². The number of Topliss-reactive ketones (excluding diaryl/α,β-unsaturated/α-hetero) is 1. The number of aliphatic hydroxyl groups excluding tert-OH is 1. The molecule has 1 aromatic carbocycles. The Morgan fingerprint density at radius 3 is 2.03 bits per heavy atom. The van der Waals surface area contributed by atoms with Crippen molar-refractivity contribution in [1.82, 2.24) is 0 Å². The zero-order valence-electron chi connectivity index (χ0n) is 21.1. The molecule has 2 aliphatic rings. The predicted octanol–water partition coefficient (Wildman–Crippen LogP) is 5.32. The number of aliphatic hydroxyl groups is 1. The highest BCUT2D eigenvalue weighted by atomic mass is 16.4. The first-order chi connectivity index (χ1) is 16.9. The van der Waals surface area contributed by atoms with Crippen LogP contribution in [-0.4, -0.2) is 58.4 Å². The topological polar surface area (TPSA) is 80.9 Å². The molecule has 0 radical (unpaired) electrons. The van der Waals surface area contributed by atoms with Crippen molar-refractivity contribution < 1.29 is 24.4 Å². The van der Waals surface area contributed by atoms with Gasteiger partial charge in [0, 0.05) is 50.2 Å². The first-order valence-electron chi connectivity index (χ1n) is 12.7. The Bertz CT molecular complexity index is 1080. The van der Waals surface area contributed by atoms with Gasteiger partial charge in [-0.25, -0.2) is 4.58 Å². The molecular formula is C29H37N2O4+. The number of allylic oxidation sites excluding steroid dienone is 7. The molecule has 2 aliphatic carbocycles. The standard InChI is InChI=1S/C29H36N2O4/c1-4-17-30(18-5-2)23-13-9-21(10-14-23)26-28(34)27(29(26)35)22-11-15-24(16-12-22)31(19-6-3)20-7-8-25(32)33/h9-16H,4-8,17-20H2,1-3H3,(H-,32,33,34,35)/p+1. The van der Waals surface area contributed by atoms with Crippen molar-refractivity contribution in [3.8, 4) is 0 Å². The van der Waals surface area contributed by atoms with Gasteiger partial charge in [-0.2, -0.15) is 0 Å². The average Bonchev–Trinajstić information content (AvgIpc) is 2.84. The quantitative estimate of drug-likeness (QED) is 0.315. The normalized spacial score (nSPS) is 15.1. The van der Waals surface area contributed by atoms with E-state index in [1.807, 2.05) is 48.6 Å². The largest absolute Gasteiger partial charge is 0.506 e. The van der Waals surface area contributed by atoms with Gasteiger partial charge in [0.25, 0.3) is 0 Å². The zero-order chi connectivity index (χ0) is 25.4. The number of rotatable bonds is 12. The van der Waals surface area contributed by atoms with Crippen molar-refractivity contribution in [3.63, 3.8) is 0 Å². The first kappa shape index (κ1) is 26.2. The third-order valence-electron chi connectivity index (χ3n) is 6.27. The summed E-state index contributed by atoms with van der Waals surface area (Å²) in [5.41, 5.74) is 4.25. The number of hydrogen-bond donors (Lipinski definition) is 2. The SMILES string of the molecule is CCCN(CCCC(=O)O)c1ccc(C2=C(O)C(=C3C=CC(=[N+](CCC)CCC)C=C3)C2=O)cc1. The number of carboxylic acid groups (broad SMARTS) is 1. The van der Waals surface area contributed by atoms with Crippen molar-refractivity contribution in [1.29, 1.82) is 0 Å². The Morgan fingerprint density at radius 1 is 0.886 bits per heavy atom. The van der Waals surface area contributed by atoms with Crippen LogP contribution < -0.4 is 4.90 Å². The molecule has 1 aromatic rings. The second kappa shape index (κ2) is 12.3. The highest BCUT2D eigenvalue weighted by Gasteiger charge is 2.36. The van der Waals surface area contributed by atoms with Gasteiger partial charge in [-0.1, -0.05) is 32.9 Å². The highest BCUT2D eigenvalue weighted by molar-refractivity contribution is 6.39. The smallest absolute Gasteiger partial charge is 0.303 e. The van der Waals surface area contributed by atoms with E-state index in [0.29, 0.717) is 29.7 Å². The second-order valence-corrected chi connectivity index (χ2v) is 8.99. The van der Waals surface area contributed by atoms with Crippen LogP contribution in [0.2, 0.25) is 0 Å². The van der Waals surface area contributed by atoms with E-state index in [0.717, 1.165) is 55.9 Å². The van der Waals surface area contributed by atoms with Crippen LogP contribution in [0.4, 0.5) is 5.69 Å². The molecule has 0 amide bonds. The van der Waals surface area contributed by atoms with Crippen LogP contribution in [0.3, 0.4) is 0 Å².